The van der Waals surface area contributed by atoms with Gasteiger partial charge in [0, 0.05) is 15.0 Å². The van der Waals surface area contributed by atoms with Crippen molar-refractivity contribution >= 4 is 44.0 Å². The lowest BCUT2D eigenvalue weighted by atomic mass is 9.88. The SMILES string of the molecule is CC(C)(C)OC(=O)NCCP1Cc2ccc3ccccc3c2-c2c(ccc3ccccc23)C1.[B]. The van der Waals surface area contributed by atoms with Crippen LogP contribution >= 0.6 is 7.92 Å². The number of alkyl carbamates (subject to hydrolysis) is 1. The Morgan fingerprint density at radius 2 is 1.32 bits per heavy atom. The summed E-state index contributed by atoms with van der Waals surface area (Å²) in [6.45, 7) is 6.33. The zero-order chi connectivity index (χ0) is 23.0. The van der Waals surface area contributed by atoms with Gasteiger partial charge in [0.25, 0.3) is 0 Å². The van der Waals surface area contributed by atoms with Gasteiger partial charge >= 0.3 is 6.09 Å². The molecule has 34 heavy (non-hydrogen) atoms. The maximum atomic E-state index is 12.1. The van der Waals surface area contributed by atoms with Crippen LogP contribution in [-0.2, 0) is 17.1 Å². The van der Waals surface area contributed by atoms with Crippen molar-refractivity contribution in [3.8, 4) is 11.1 Å². The van der Waals surface area contributed by atoms with Crippen LogP contribution < -0.4 is 5.32 Å². The van der Waals surface area contributed by atoms with E-state index in [-0.39, 0.29) is 22.4 Å². The van der Waals surface area contributed by atoms with E-state index in [1.807, 2.05) is 20.8 Å². The molecule has 4 aromatic rings. The van der Waals surface area contributed by atoms with Crippen molar-refractivity contribution in [2.24, 2.45) is 0 Å². The van der Waals surface area contributed by atoms with Crippen LogP contribution in [0.15, 0.2) is 72.8 Å². The molecule has 171 valence electrons. The molecule has 0 aliphatic carbocycles. The Labute approximate surface area is 205 Å². The molecule has 0 saturated heterocycles. The molecule has 1 aliphatic rings. The minimum atomic E-state index is -0.474. The first kappa shape index (κ1) is 24.3. The molecule has 0 spiro atoms. The third-order valence-corrected chi connectivity index (χ3v) is 8.60. The zero-order valence-electron chi connectivity index (χ0n) is 20.1. The van der Waals surface area contributed by atoms with Crippen LogP contribution in [0.5, 0.6) is 0 Å². The maximum absolute atomic E-state index is 12.1. The van der Waals surface area contributed by atoms with Gasteiger partial charge in [-0.15, -0.1) is 0 Å². The summed E-state index contributed by atoms with van der Waals surface area (Å²) < 4.78 is 5.42. The van der Waals surface area contributed by atoms with Gasteiger partial charge in [0.05, 0.1) is 0 Å². The van der Waals surface area contributed by atoms with Crippen molar-refractivity contribution in [2.45, 2.75) is 38.7 Å². The first-order chi connectivity index (χ1) is 15.9. The van der Waals surface area contributed by atoms with E-state index in [0.717, 1.165) is 18.5 Å². The third kappa shape index (κ3) is 4.98. The zero-order valence-corrected chi connectivity index (χ0v) is 21.0. The van der Waals surface area contributed by atoms with Crippen LogP contribution in [0.2, 0.25) is 0 Å². The first-order valence-electron chi connectivity index (χ1n) is 11.6. The minimum absolute atomic E-state index is 0. The molecular formula is C29H30BNO2P. The number of ether oxygens (including phenoxy) is 1. The Bertz CT molecular complexity index is 1260. The Balaban J connectivity index is 0.00000274. The molecule has 4 aromatic carbocycles. The summed E-state index contributed by atoms with van der Waals surface area (Å²) in [5.41, 5.74) is 5.16. The second-order valence-electron chi connectivity index (χ2n) is 9.78. The molecular weight excluding hydrogens is 436 g/mol. The van der Waals surface area contributed by atoms with Gasteiger partial charge in [0.1, 0.15) is 5.60 Å². The van der Waals surface area contributed by atoms with Crippen molar-refractivity contribution in [1.82, 2.24) is 5.32 Å². The van der Waals surface area contributed by atoms with E-state index >= 15 is 0 Å². The highest BCUT2D eigenvalue weighted by Crippen LogP contribution is 2.52. The number of carbonyl (C=O) groups excluding carboxylic acids is 1. The smallest absolute Gasteiger partial charge is 0.407 e. The summed E-state index contributed by atoms with van der Waals surface area (Å²) in [4.78, 5) is 12.1. The number of nitrogens with one attached hydrogen (secondary N) is 1. The Morgan fingerprint density at radius 3 is 1.82 bits per heavy atom. The summed E-state index contributed by atoms with van der Waals surface area (Å²) in [6, 6.07) is 26.6. The number of rotatable bonds is 3. The van der Waals surface area contributed by atoms with E-state index in [1.165, 1.54) is 43.8 Å². The topological polar surface area (TPSA) is 38.3 Å². The standard InChI is InChI=1S/C29H30NO2P.B/c1-29(2,3)32-28(31)30-16-17-33-18-22-14-12-20-8-4-6-10-24(20)26(22)27-23(19-33)15-13-21-9-5-7-11-25(21)27;/h4-15H,16-19H2,1-3H3,(H,30,31);. The predicted molar refractivity (Wildman–Crippen MR) is 146 cm³/mol. The second kappa shape index (κ2) is 9.80. The fourth-order valence-electron chi connectivity index (χ4n) is 4.81. The van der Waals surface area contributed by atoms with Gasteiger partial charge in [-0.05, 0) is 83.1 Å². The third-order valence-electron chi connectivity index (χ3n) is 6.16. The average molecular weight is 466 g/mol. The summed E-state index contributed by atoms with van der Waals surface area (Å²) in [6.07, 6.45) is 2.78. The summed E-state index contributed by atoms with van der Waals surface area (Å²) in [5, 5.41) is 8.20. The molecule has 5 rings (SSSR count). The van der Waals surface area contributed by atoms with Crippen molar-refractivity contribution in [3.63, 3.8) is 0 Å². The van der Waals surface area contributed by atoms with Crippen LogP contribution in [0.25, 0.3) is 32.7 Å². The van der Waals surface area contributed by atoms with Crippen LogP contribution in [0.3, 0.4) is 0 Å². The highest BCUT2D eigenvalue weighted by atomic mass is 31.1. The van der Waals surface area contributed by atoms with Crippen LogP contribution in [-0.4, -0.2) is 32.8 Å². The summed E-state index contributed by atoms with van der Waals surface area (Å²) >= 11 is 0. The molecule has 0 fully saturated rings. The molecule has 3 radical (unpaired) electrons. The van der Waals surface area contributed by atoms with Gasteiger partial charge < -0.3 is 10.1 Å². The number of hydrogen-bond donors (Lipinski definition) is 1. The maximum Gasteiger partial charge on any atom is 0.407 e. The summed E-state index contributed by atoms with van der Waals surface area (Å²) in [7, 11) is -0.316. The van der Waals surface area contributed by atoms with Gasteiger partial charge in [-0.1, -0.05) is 80.7 Å². The highest BCUT2D eigenvalue weighted by Gasteiger charge is 2.24. The van der Waals surface area contributed by atoms with Gasteiger partial charge in [-0.2, -0.15) is 0 Å². The average Bonchev–Trinajstić information content (AvgIpc) is 2.94. The fraction of sp³-hybridized carbons (Fsp3) is 0.276. The molecule has 1 aliphatic heterocycles. The molecule has 1 N–H and O–H groups in total. The lowest BCUT2D eigenvalue weighted by molar-refractivity contribution is 0.0531. The molecule has 1 amide bonds. The molecule has 1 heterocycles. The first-order valence-corrected chi connectivity index (χ1v) is 13.5. The molecule has 0 aromatic heterocycles. The molecule has 5 heteroatoms. The largest absolute Gasteiger partial charge is 0.444 e. The van der Waals surface area contributed by atoms with E-state index in [2.05, 4.69) is 78.1 Å². The van der Waals surface area contributed by atoms with E-state index in [4.69, 9.17) is 4.74 Å². The quantitative estimate of drug-likeness (QED) is 0.254. The molecule has 0 bridgehead atoms. The normalized spacial score (nSPS) is 13.5. The highest BCUT2D eigenvalue weighted by molar-refractivity contribution is 7.56. The van der Waals surface area contributed by atoms with Crippen LogP contribution in [0, 0.1) is 0 Å². The second-order valence-corrected chi connectivity index (χ2v) is 12.2. The number of benzene rings is 4. The van der Waals surface area contributed by atoms with E-state index < -0.39 is 5.60 Å². The van der Waals surface area contributed by atoms with Gasteiger partial charge in [-0.3, -0.25) is 0 Å². The fourth-order valence-corrected chi connectivity index (χ4v) is 7.16. The predicted octanol–water partition coefficient (Wildman–Crippen LogP) is 7.30. The number of amides is 1. The van der Waals surface area contributed by atoms with Crippen molar-refractivity contribution < 1.29 is 9.53 Å². The molecule has 0 atom stereocenters. The lowest BCUT2D eigenvalue weighted by Gasteiger charge is -2.21. The number of hydrogen-bond acceptors (Lipinski definition) is 2. The van der Waals surface area contributed by atoms with Gasteiger partial charge in [0.15, 0.2) is 0 Å². The summed E-state index contributed by atoms with van der Waals surface area (Å²) in [5.74, 6) is 0. The van der Waals surface area contributed by atoms with E-state index in [1.54, 1.807) is 0 Å². The van der Waals surface area contributed by atoms with Crippen LogP contribution in [0.4, 0.5) is 4.79 Å². The van der Waals surface area contributed by atoms with Gasteiger partial charge in [-0.25, -0.2) is 4.79 Å². The molecule has 0 unspecified atom stereocenters. The Kier molecular flexibility index (Phi) is 7.00. The molecule has 0 saturated carbocycles. The van der Waals surface area contributed by atoms with E-state index in [0.29, 0.717) is 6.54 Å². The monoisotopic (exact) mass is 466 g/mol. The van der Waals surface area contributed by atoms with Crippen LogP contribution in [0.1, 0.15) is 31.9 Å². The van der Waals surface area contributed by atoms with Crippen molar-refractivity contribution in [2.75, 3.05) is 12.7 Å². The number of carbonyl (C=O) groups is 1. The Hall–Kier alpha value is -2.84. The number of fused-ring (bicyclic) bond motifs is 7. The van der Waals surface area contributed by atoms with Crippen molar-refractivity contribution in [3.05, 3.63) is 83.9 Å². The van der Waals surface area contributed by atoms with Crippen molar-refractivity contribution in [1.29, 1.82) is 0 Å². The van der Waals surface area contributed by atoms with E-state index in [9.17, 15) is 4.79 Å². The minimum Gasteiger partial charge on any atom is -0.444 e. The molecule has 3 nitrogen and oxygen atoms in total. The Morgan fingerprint density at radius 1 is 0.824 bits per heavy atom. The van der Waals surface area contributed by atoms with Gasteiger partial charge in [0.2, 0.25) is 0 Å². The lowest BCUT2D eigenvalue weighted by Crippen LogP contribution is -2.33.